The van der Waals surface area contributed by atoms with E-state index in [1.807, 2.05) is 18.2 Å². The molecule has 5 atom stereocenters. The van der Waals surface area contributed by atoms with E-state index in [1.165, 1.54) is 48.8 Å². The van der Waals surface area contributed by atoms with Crippen molar-refractivity contribution < 1.29 is 8.42 Å². The number of sulfonamides is 1. The topological polar surface area (TPSA) is 49.4 Å². The van der Waals surface area contributed by atoms with Crippen molar-refractivity contribution in [2.24, 2.45) is 17.8 Å². The number of rotatable bonds is 3. The van der Waals surface area contributed by atoms with Gasteiger partial charge in [0.05, 0.1) is 10.9 Å². The summed E-state index contributed by atoms with van der Waals surface area (Å²) < 4.78 is 28.6. The third-order valence-electron chi connectivity index (χ3n) is 9.03. The molecule has 176 valence electrons. The van der Waals surface area contributed by atoms with E-state index in [1.54, 1.807) is 4.31 Å². The van der Waals surface area contributed by atoms with Crippen LogP contribution in [0.15, 0.2) is 47.4 Å². The average molecular weight is 465 g/mol. The number of hydrogen-bond acceptors (Lipinski definition) is 3. The highest BCUT2D eigenvalue weighted by molar-refractivity contribution is 7.89. The molecule has 5 unspecified atom stereocenters. The van der Waals surface area contributed by atoms with Crippen LogP contribution in [0, 0.1) is 24.7 Å². The molecule has 2 aliphatic heterocycles. The maximum Gasteiger partial charge on any atom is 0.243 e. The van der Waals surface area contributed by atoms with E-state index in [2.05, 4.69) is 36.5 Å². The molecule has 0 bridgehead atoms. The van der Waals surface area contributed by atoms with Gasteiger partial charge in [-0.1, -0.05) is 49.1 Å². The summed E-state index contributed by atoms with van der Waals surface area (Å²) in [6, 6.07) is 15.3. The fourth-order valence-electron chi connectivity index (χ4n) is 7.39. The second-order valence-electron chi connectivity index (χ2n) is 10.9. The van der Waals surface area contributed by atoms with E-state index in [4.69, 9.17) is 0 Å². The first kappa shape index (κ1) is 21.7. The molecule has 2 heterocycles. The molecule has 1 N–H and O–H groups in total. The lowest BCUT2D eigenvalue weighted by Gasteiger charge is -2.49. The molecule has 2 saturated carbocycles. The molecule has 3 fully saturated rings. The van der Waals surface area contributed by atoms with Gasteiger partial charge in [0.25, 0.3) is 0 Å². The number of nitrogens with one attached hydrogen (secondary N) is 1. The van der Waals surface area contributed by atoms with Gasteiger partial charge in [0, 0.05) is 18.8 Å². The Hall–Kier alpha value is -1.85. The van der Waals surface area contributed by atoms with E-state index in [-0.39, 0.29) is 0 Å². The monoisotopic (exact) mass is 464 g/mol. The van der Waals surface area contributed by atoms with Crippen LogP contribution in [0.1, 0.15) is 80.0 Å². The van der Waals surface area contributed by atoms with Gasteiger partial charge in [0.2, 0.25) is 10.0 Å². The molecular formula is C28H36N2O2S. The van der Waals surface area contributed by atoms with Crippen molar-refractivity contribution in [3.8, 4) is 0 Å². The van der Waals surface area contributed by atoms with Crippen LogP contribution < -0.4 is 5.32 Å². The van der Waals surface area contributed by atoms with Gasteiger partial charge >= 0.3 is 0 Å². The number of aryl methyl sites for hydroxylation is 1. The third-order valence-corrected chi connectivity index (χ3v) is 10.9. The second kappa shape index (κ2) is 8.42. The molecule has 1 saturated heterocycles. The average Bonchev–Trinajstić information content (AvgIpc) is 3.33. The number of piperidine rings is 1. The summed E-state index contributed by atoms with van der Waals surface area (Å²) in [6.07, 6.45) is 9.56. The first-order valence-electron chi connectivity index (χ1n) is 13.0. The minimum absolute atomic E-state index is 0.304. The molecular weight excluding hydrogens is 428 g/mol. The Morgan fingerprint density at radius 2 is 1.67 bits per heavy atom. The molecule has 33 heavy (non-hydrogen) atoms. The maximum absolute atomic E-state index is 13.4. The van der Waals surface area contributed by atoms with Crippen LogP contribution in [0.25, 0.3) is 0 Å². The number of anilines is 1. The highest BCUT2D eigenvalue weighted by Crippen LogP contribution is 2.59. The largest absolute Gasteiger partial charge is 0.378 e. The lowest BCUT2D eigenvalue weighted by atomic mass is 9.60. The summed E-state index contributed by atoms with van der Waals surface area (Å²) in [5.74, 6) is 2.54. The standard InChI is InChI=1S/C28H36N2O2S/c1-19-8-10-21(11-9-19)28-27-23-7-5-6-20(23)12-14-24(27)25-18-22(13-15-26(25)29-28)33(31,32)30-16-3-2-4-17-30/h8-11,13,15,18,20,23-24,27-29H,2-7,12,14,16-17H2,1H3. The third kappa shape index (κ3) is 3.72. The van der Waals surface area contributed by atoms with Gasteiger partial charge in [0.15, 0.2) is 0 Å². The molecule has 0 amide bonds. The summed E-state index contributed by atoms with van der Waals surface area (Å²) in [5.41, 5.74) is 5.04. The summed E-state index contributed by atoms with van der Waals surface area (Å²) in [7, 11) is -3.42. The minimum atomic E-state index is -3.42. The highest BCUT2D eigenvalue weighted by atomic mass is 32.2. The summed E-state index contributed by atoms with van der Waals surface area (Å²) in [4.78, 5) is 0.492. The van der Waals surface area contributed by atoms with Gasteiger partial charge in [-0.15, -0.1) is 0 Å². The Balaban J connectivity index is 1.41. The van der Waals surface area contributed by atoms with Gasteiger partial charge in [-0.05, 0) is 92.0 Å². The van der Waals surface area contributed by atoms with Gasteiger partial charge in [-0.3, -0.25) is 0 Å². The molecule has 0 spiro atoms. The zero-order chi connectivity index (χ0) is 22.6. The van der Waals surface area contributed by atoms with Crippen molar-refractivity contribution in [1.82, 2.24) is 4.31 Å². The van der Waals surface area contributed by atoms with Gasteiger partial charge in [-0.25, -0.2) is 8.42 Å². The highest BCUT2D eigenvalue weighted by Gasteiger charge is 2.48. The normalized spacial score (nSPS) is 31.8. The molecule has 0 radical (unpaired) electrons. The van der Waals surface area contributed by atoms with E-state index in [0.29, 0.717) is 35.9 Å². The van der Waals surface area contributed by atoms with Crippen molar-refractivity contribution in [2.45, 2.75) is 75.1 Å². The number of hydrogen-bond donors (Lipinski definition) is 1. The van der Waals surface area contributed by atoms with Crippen LogP contribution in [0.5, 0.6) is 0 Å². The predicted molar refractivity (Wildman–Crippen MR) is 133 cm³/mol. The van der Waals surface area contributed by atoms with Crippen molar-refractivity contribution >= 4 is 15.7 Å². The lowest BCUT2D eigenvalue weighted by Crippen LogP contribution is -2.41. The van der Waals surface area contributed by atoms with Crippen molar-refractivity contribution in [3.05, 3.63) is 59.2 Å². The first-order chi connectivity index (χ1) is 16.0. The molecule has 4 aliphatic rings. The van der Waals surface area contributed by atoms with Crippen LogP contribution >= 0.6 is 0 Å². The van der Waals surface area contributed by atoms with Crippen LogP contribution in [0.2, 0.25) is 0 Å². The molecule has 2 aromatic rings. The maximum atomic E-state index is 13.4. The lowest BCUT2D eigenvalue weighted by molar-refractivity contribution is 0.129. The Morgan fingerprint density at radius 1 is 0.879 bits per heavy atom. The fraction of sp³-hybridized carbons (Fsp3) is 0.571. The molecule has 5 heteroatoms. The number of fused-ring (bicyclic) bond motifs is 5. The molecule has 2 aromatic carbocycles. The number of nitrogens with zero attached hydrogens (tertiary/aromatic N) is 1. The van der Waals surface area contributed by atoms with Gasteiger partial charge < -0.3 is 5.32 Å². The molecule has 6 rings (SSSR count). The Bertz CT molecular complexity index is 1120. The molecule has 0 aromatic heterocycles. The van der Waals surface area contributed by atoms with Crippen molar-refractivity contribution in [1.29, 1.82) is 0 Å². The summed E-state index contributed by atoms with van der Waals surface area (Å²) in [6.45, 7) is 3.46. The Morgan fingerprint density at radius 3 is 2.45 bits per heavy atom. The zero-order valence-electron chi connectivity index (χ0n) is 19.7. The zero-order valence-corrected chi connectivity index (χ0v) is 20.5. The number of benzene rings is 2. The minimum Gasteiger partial charge on any atom is -0.378 e. The van der Waals surface area contributed by atoms with Crippen LogP contribution in [-0.4, -0.2) is 25.8 Å². The van der Waals surface area contributed by atoms with Crippen LogP contribution in [0.3, 0.4) is 0 Å². The van der Waals surface area contributed by atoms with Crippen LogP contribution in [0.4, 0.5) is 5.69 Å². The van der Waals surface area contributed by atoms with E-state index in [0.717, 1.165) is 36.8 Å². The Kier molecular flexibility index (Phi) is 5.53. The predicted octanol–water partition coefficient (Wildman–Crippen LogP) is 6.25. The summed E-state index contributed by atoms with van der Waals surface area (Å²) in [5, 5.41) is 3.89. The van der Waals surface area contributed by atoms with Crippen LogP contribution in [-0.2, 0) is 10.0 Å². The second-order valence-corrected chi connectivity index (χ2v) is 12.8. The van der Waals surface area contributed by atoms with Crippen molar-refractivity contribution in [2.75, 3.05) is 18.4 Å². The van der Waals surface area contributed by atoms with E-state index in [9.17, 15) is 8.42 Å². The van der Waals surface area contributed by atoms with Crippen molar-refractivity contribution in [3.63, 3.8) is 0 Å². The van der Waals surface area contributed by atoms with Gasteiger partial charge in [-0.2, -0.15) is 4.31 Å². The first-order valence-corrected chi connectivity index (χ1v) is 14.4. The fourth-order valence-corrected chi connectivity index (χ4v) is 8.95. The quantitative estimate of drug-likeness (QED) is 0.584. The smallest absolute Gasteiger partial charge is 0.243 e. The van der Waals surface area contributed by atoms with E-state index >= 15 is 0 Å². The Labute approximate surface area is 198 Å². The van der Waals surface area contributed by atoms with Gasteiger partial charge in [0.1, 0.15) is 0 Å². The molecule has 2 aliphatic carbocycles. The SMILES string of the molecule is Cc1ccc(C2Nc3ccc(S(=O)(=O)N4CCCCC4)cc3C3CCC4CCCC4C32)cc1. The summed E-state index contributed by atoms with van der Waals surface area (Å²) >= 11 is 0. The van der Waals surface area contributed by atoms with E-state index < -0.39 is 10.0 Å². The molecule has 4 nitrogen and oxygen atoms in total.